The molecular weight excluding hydrogens is 442 g/mol. The van der Waals surface area contributed by atoms with Crippen molar-refractivity contribution >= 4 is 17.2 Å². The SMILES string of the molecule is CCCOc1ccc(C(=O)c2ccnc(Cc3cc(N)c(N(C)CCN(C)C)cc3OC)n2)cc1. The van der Waals surface area contributed by atoms with Gasteiger partial charge in [0.05, 0.1) is 25.1 Å². The van der Waals surface area contributed by atoms with Crippen LogP contribution in [0.1, 0.15) is 40.8 Å². The summed E-state index contributed by atoms with van der Waals surface area (Å²) < 4.78 is 11.2. The van der Waals surface area contributed by atoms with Gasteiger partial charge in [-0.2, -0.15) is 0 Å². The summed E-state index contributed by atoms with van der Waals surface area (Å²) >= 11 is 0. The Kier molecular flexibility index (Phi) is 9.03. The van der Waals surface area contributed by atoms with E-state index in [-0.39, 0.29) is 5.78 Å². The van der Waals surface area contributed by atoms with Crippen LogP contribution in [0.15, 0.2) is 48.7 Å². The van der Waals surface area contributed by atoms with Crippen molar-refractivity contribution in [2.45, 2.75) is 19.8 Å². The van der Waals surface area contributed by atoms with Crippen molar-refractivity contribution < 1.29 is 14.3 Å². The molecule has 0 aliphatic carbocycles. The molecule has 1 aromatic heterocycles. The summed E-state index contributed by atoms with van der Waals surface area (Å²) in [6.07, 6.45) is 2.92. The van der Waals surface area contributed by atoms with Gasteiger partial charge in [0.25, 0.3) is 0 Å². The second-order valence-electron chi connectivity index (χ2n) is 8.68. The molecule has 8 heteroatoms. The van der Waals surface area contributed by atoms with E-state index < -0.39 is 0 Å². The monoisotopic (exact) mass is 477 g/mol. The zero-order valence-electron chi connectivity index (χ0n) is 21.2. The topological polar surface area (TPSA) is 93.8 Å². The number of carbonyl (C=O) groups is 1. The zero-order valence-corrected chi connectivity index (χ0v) is 21.2. The van der Waals surface area contributed by atoms with Crippen molar-refractivity contribution in [1.82, 2.24) is 14.9 Å². The van der Waals surface area contributed by atoms with Crippen molar-refractivity contribution in [2.75, 3.05) is 58.6 Å². The fourth-order valence-electron chi connectivity index (χ4n) is 3.61. The van der Waals surface area contributed by atoms with Gasteiger partial charge in [0.2, 0.25) is 5.78 Å². The normalized spacial score (nSPS) is 10.9. The molecule has 35 heavy (non-hydrogen) atoms. The van der Waals surface area contributed by atoms with Crippen molar-refractivity contribution in [3.05, 3.63) is 71.3 Å². The van der Waals surface area contributed by atoms with Crippen molar-refractivity contribution in [3.63, 3.8) is 0 Å². The maximum atomic E-state index is 13.0. The van der Waals surface area contributed by atoms with Gasteiger partial charge in [-0.25, -0.2) is 9.97 Å². The average Bonchev–Trinajstić information content (AvgIpc) is 2.86. The number of nitrogen functional groups attached to an aromatic ring is 1. The number of hydrogen-bond acceptors (Lipinski definition) is 8. The van der Waals surface area contributed by atoms with Crippen LogP contribution in [0.25, 0.3) is 0 Å². The summed E-state index contributed by atoms with van der Waals surface area (Å²) in [5.74, 6) is 1.80. The number of carbonyl (C=O) groups excluding carboxylic acids is 1. The predicted molar refractivity (Wildman–Crippen MR) is 140 cm³/mol. The molecule has 8 nitrogen and oxygen atoms in total. The number of ether oxygens (including phenoxy) is 2. The van der Waals surface area contributed by atoms with E-state index in [0.29, 0.717) is 41.5 Å². The number of likely N-dealkylation sites (N-methyl/N-ethyl adjacent to an activating group) is 2. The third-order valence-corrected chi connectivity index (χ3v) is 5.60. The van der Waals surface area contributed by atoms with Crippen LogP contribution >= 0.6 is 0 Å². The Balaban J connectivity index is 1.78. The molecular formula is C27H35N5O3. The van der Waals surface area contributed by atoms with Crippen LogP contribution in [0.3, 0.4) is 0 Å². The minimum Gasteiger partial charge on any atom is -0.496 e. The highest BCUT2D eigenvalue weighted by atomic mass is 16.5. The largest absolute Gasteiger partial charge is 0.496 e. The van der Waals surface area contributed by atoms with Crippen LogP contribution in [-0.2, 0) is 6.42 Å². The second kappa shape index (κ2) is 12.2. The van der Waals surface area contributed by atoms with Gasteiger partial charge in [0.1, 0.15) is 23.0 Å². The molecule has 0 fully saturated rings. The third kappa shape index (κ3) is 6.93. The fourth-order valence-corrected chi connectivity index (χ4v) is 3.61. The molecule has 186 valence electrons. The number of methoxy groups -OCH3 is 1. The Bertz CT molecular complexity index is 1130. The highest BCUT2D eigenvalue weighted by molar-refractivity contribution is 6.07. The number of nitrogens with two attached hydrogens (primary N) is 1. The lowest BCUT2D eigenvalue weighted by Crippen LogP contribution is -2.29. The smallest absolute Gasteiger partial charge is 0.211 e. The first-order valence-corrected chi connectivity index (χ1v) is 11.7. The highest BCUT2D eigenvalue weighted by Crippen LogP contribution is 2.32. The van der Waals surface area contributed by atoms with E-state index >= 15 is 0 Å². The fraction of sp³-hybridized carbons (Fsp3) is 0.370. The van der Waals surface area contributed by atoms with Gasteiger partial charge in [0, 0.05) is 49.9 Å². The van der Waals surface area contributed by atoms with Crippen molar-refractivity contribution in [3.8, 4) is 11.5 Å². The van der Waals surface area contributed by atoms with Crippen LogP contribution in [-0.4, -0.2) is 68.6 Å². The van der Waals surface area contributed by atoms with E-state index in [2.05, 4.69) is 19.8 Å². The van der Waals surface area contributed by atoms with E-state index in [1.54, 1.807) is 43.6 Å². The van der Waals surface area contributed by atoms with Crippen LogP contribution in [0, 0.1) is 0 Å². The Labute approximate surface area is 207 Å². The molecule has 0 saturated carbocycles. The standard InChI is InChI=1S/C27H35N5O3/c1-6-15-35-21-9-7-19(8-10-21)27(33)23-11-12-29-26(30-23)17-20-16-22(28)24(18-25(20)34-5)32(4)14-13-31(2)3/h7-12,16,18H,6,13-15,17,28H2,1-5H3. The molecule has 0 saturated heterocycles. The Hall–Kier alpha value is -3.65. The number of nitrogens with zero attached hydrogens (tertiary/aromatic N) is 4. The maximum Gasteiger partial charge on any atom is 0.211 e. The predicted octanol–water partition coefficient (Wildman–Crippen LogP) is 3.68. The minimum absolute atomic E-state index is 0.167. The minimum atomic E-state index is -0.167. The van der Waals surface area contributed by atoms with E-state index in [4.69, 9.17) is 15.2 Å². The first-order chi connectivity index (χ1) is 16.8. The summed E-state index contributed by atoms with van der Waals surface area (Å²) in [6, 6.07) is 12.6. The molecule has 0 radical (unpaired) electrons. The average molecular weight is 478 g/mol. The Morgan fingerprint density at radius 2 is 1.80 bits per heavy atom. The molecule has 0 aliphatic heterocycles. The summed E-state index contributed by atoms with van der Waals surface area (Å²) in [7, 11) is 7.72. The lowest BCUT2D eigenvalue weighted by atomic mass is 10.1. The molecule has 0 amide bonds. The van der Waals surface area contributed by atoms with Crippen LogP contribution in [0.4, 0.5) is 11.4 Å². The molecule has 3 rings (SSSR count). The van der Waals surface area contributed by atoms with E-state index in [1.807, 2.05) is 40.2 Å². The number of benzene rings is 2. The summed E-state index contributed by atoms with van der Waals surface area (Å²) in [5.41, 5.74) is 9.69. The molecule has 0 unspecified atom stereocenters. The summed E-state index contributed by atoms with van der Waals surface area (Å²) in [4.78, 5) is 26.1. The van der Waals surface area contributed by atoms with Gasteiger partial charge in [-0.3, -0.25) is 4.79 Å². The van der Waals surface area contributed by atoms with Crippen LogP contribution in [0.2, 0.25) is 0 Å². The second-order valence-corrected chi connectivity index (χ2v) is 8.68. The van der Waals surface area contributed by atoms with Gasteiger partial charge < -0.3 is 25.0 Å². The van der Waals surface area contributed by atoms with E-state index in [9.17, 15) is 4.79 Å². The number of ketones is 1. The van der Waals surface area contributed by atoms with Gasteiger partial charge >= 0.3 is 0 Å². The Morgan fingerprint density at radius 1 is 1.06 bits per heavy atom. The number of rotatable bonds is 12. The summed E-state index contributed by atoms with van der Waals surface area (Å²) in [6.45, 7) is 4.43. The first kappa shape index (κ1) is 26.0. The lowest BCUT2D eigenvalue weighted by Gasteiger charge is -2.24. The maximum absolute atomic E-state index is 13.0. The number of hydrogen-bond donors (Lipinski definition) is 1. The molecule has 2 aromatic carbocycles. The molecule has 0 spiro atoms. The molecule has 0 atom stereocenters. The van der Waals surface area contributed by atoms with Gasteiger partial charge in [-0.1, -0.05) is 6.92 Å². The lowest BCUT2D eigenvalue weighted by molar-refractivity contribution is 0.103. The molecule has 3 aromatic rings. The third-order valence-electron chi connectivity index (χ3n) is 5.60. The van der Waals surface area contributed by atoms with E-state index in [1.165, 1.54) is 0 Å². The van der Waals surface area contributed by atoms with Crippen molar-refractivity contribution in [1.29, 1.82) is 0 Å². The van der Waals surface area contributed by atoms with Crippen molar-refractivity contribution in [2.24, 2.45) is 0 Å². The van der Waals surface area contributed by atoms with Gasteiger partial charge in [0.15, 0.2) is 0 Å². The van der Waals surface area contributed by atoms with Crippen LogP contribution < -0.4 is 20.1 Å². The number of aromatic nitrogens is 2. The van der Waals surface area contributed by atoms with Gasteiger partial charge in [-0.05, 0) is 56.9 Å². The number of anilines is 2. The summed E-state index contributed by atoms with van der Waals surface area (Å²) in [5, 5.41) is 0. The molecule has 0 aliphatic rings. The molecule has 2 N–H and O–H groups in total. The first-order valence-electron chi connectivity index (χ1n) is 11.7. The van der Waals surface area contributed by atoms with E-state index in [0.717, 1.165) is 36.5 Å². The van der Waals surface area contributed by atoms with Gasteiger partial charge in [-0.15, -0.1) is 0 Å². The Morgan fingerprint density at radius 3 is 2.46 bits per heavy atom. The highest BCUT2D eigenvalue weighted by Gasteiger charge is 2.16. The molecule has 1 heterocycles. The van der Waals surface area contributed by atoms with Crippen LogP contribution in [0.5, 0.6) is 11.5 Å². The quantitative estimate of drug-likeness (QED) is 0.312. The zero-order chi connectivity index (χ0) is 25.4. The molecule has 0 bridgehead atoms.